The minimum Gasteiger partial charge on any atom is -0.493 e. The highest BCUT2D eigenvalue weighted by molar-refractivity contribution is 9.10. The molecule has 106 valence electrons. The number of ether oxygens (including phenoxy) is 2. The van der Waals surface area contributed by atoms with E-state index < -0.39 is 0 Å². The van der Waals surface area contributed by atoms with Crippen LogP contribution in [0.25, 0.3) is 22.3 Å². The predicted octanol–water partition coefficient (Wildman–Crippen LogP) is 4.08. The van der Waals surface area contributed by atoms with E-state index in [4.69, 9.17) is 9.47 Å². The number of nitrogens with zero attached hydrogens (tertiary/aromatic N) is 2. The maximum absolute atomic E-state index is 5.31. The van der Waals surface area contributed by atoms with E-state index in [0.29, 0.717) is 17.3 Å². The van der Waals surface area contributed by atoms with E-state index >= 15 is 0 Å². The van der Waals surface area contributed by atoms with Gasteiger partial charge in [-0.05, 0) is 18.2 Å². The molecule has 0 saturated carbocycles. The van der Waals surface area contributed by atoms with E-state index in [1.807, 2.05) is 36.4 Å². The smallest absolute Gasteiger partial charge is 0.162 e. The number of hydrogen-bond acceptors (Lipinski definition) is 4. The number of methoxy groups -OCH3 is 2. The topological polar surface area (TPSA) is 44.2 Å². The summed E-state index contributed by atoms with van der Waals surface area (Å²) in [6.07, 6.45) is 1.79. The number of benzene rings is 2. The molecule has 1 heterocycles. The Morgan fingerprint density at radius 3 is 2.29 bits per heavy atom. The number of rotatable bonds is 3. The zero-order valence-corrected chi connectivity index (χ0v) is 13.2. The molecule has 4 nitrogen and oxygen atoms in total. The van der Waals surface area contributed by atoms with Crippen LogP contribution in [0.4, 0.5) is 0 Å². The molecule has 0 saturated heterocycles. The summed E-state index contributed by atoms with van der Waals surface area (Å²) >= 11 is 3.42. The van der Waals surface area contributed by atoms with Gasteiger partial charge in [0, 0.05) is 27.7 Å². The van der Waals surface area contributed by atoms with Gasteiger partial charge in [-0.25, -0.2) is 9.97 Å². The number of fused-ring (bicyclic) bond motifs is 1. The zero-order chi connectivity index (χ0) is 14.8. The Balaban J connectivity index is 2.13. The van der Waals surface area contributed by atoms with Crippen LogP contribution in [0.3, 0.4) is 0 Å². The Bertz CT molecular complexity index is 788. The molecule has 0 atom stereocenters. The van der Waals surface area contributed by atoms with Crippen LogP contribution in [0.2, 0.25) is 0 Å². The summed E-state index contributed by atoms with van der Waals surface area (Å²) in [5.74, 6) is 2.01. The van der Waals surface area contributed by atoms with Crippen molar-refractivity contribution >= 4 is 26.8 Å². The van der Waals surface area contributed by atoms with Crippen molar-refractivity contribution in [2.45, 2.75) is 0 Å². The van der Waals surface area contributed by atoms with Gasteiger partial charge in [0.25, 0.3) is 0 Å². The average Bonchev–Trinajstić information content (AvgIpc) is 2.53. The molecule has 0 spiro atoms. The molecular formula is C16H13BrN2O2. The van der Waals surface area contributed by atoms with Crippen LogP contribution < -0.4 is 9.47 Å². The molecule has 0 N–H and O–H groups in total. The Kier molecular flexibility index (Phi) is 3.75. The van der Waals surface area contributed by atoms with Crippen LogP contribution >= 0.6 is 15.9 Å². The first-order valence-electron chi connectivity index (χ1n) is 6.36. The van der Waals surface area contributed by atoms with Crippen molar-refractivity contribution in [2.75, 3.05) is 14.2 Å². The highest BCUT2D eigenvalue weighted by Crippen LogP contribution is 2.31. The van der Waals surface area contributed by atoms with Crippen LogP contribution in [0, 0.1) is 0 Å². The molecular weight excluding hydrogens is 332 g/mol. The normalized spacial score (nSPS) is 10.6. The van der Waals surface area contributed by atoms with E-state index in [9.17, 15) is 0 Å². The van der Waals surface area contributed by atoms with Gasteiger partial charge < -0.3 is 9.47 Å². The Morgan fingerprint density at radius 2 is 1.62 bits per heavy atom. The maximum Gasteiger partial charge on any atom is 0.162 e. The quantitative estimate of drug-likeness (QED) is 0.718. The Morgan fingerprint density at radius 1 is 0.952 bits per heavy atom. The summed E-state index contributed by atoms with van der Waals surface area (Å²) in [6, 6.07) is 11.6. The van der Waals surface area contributed by atoms with Gasteiger partial charge in [-0.3, -0.25) is 0 Å². The van der Waals surface area contributed by atoms with Gasteiger partial charge in [0.05, 0.1) is 19.7 Å². The molecule has 0 aliphatic heterocycles. The van der Waals surface area contributed by atoms with E-state index in [-0.39, 0.29) is 0 Å². The maximum atomic E-state index is 5.31. The summed E-state index contributed by atoms with van der Waals surface area (Å²) in [5, 5.41) is 0.911. The summed E-state index contributed by atoms with van der Waals surface area (Å²) < 4.78 is 11.6. The first kappa shape index (κ1) is 13.8. The molecule has 21 heavy (non-hydrogen) atoms. The second kappa shape index (κ2) is 5.69. The molecule has 3 rings (SSSR count). The third-order valence-corrected chi connectivity index (χ3v) is 3.72. The lowest BCUT2D eigenvalue weighted by Crippen LogP contribution is -1.94. The van der Waals surface area contributed by atoms with Gasteiger partial charge in [-0.1, -0.05) is 28.1 Å². The molecule has 0 fully saturated rings. The van der Waals surface area contributed by atoms with Crippen LogP contribution in [0.15, 0.2) is 47.1 Å². The number of halogens is 1. The average molecular weight is 345 g/mol. The second-order valence-corrected chi connectivity index (χ2v) is 5.38. The van der Waals surface area contributed by atoms with Crippen LogP contribution in [-0.4, -0.2) is 24.2 Å². The molecule has 2 aromatic carbocycles. The van der Waals surface area contributed by atoms with Crippen LogP contribution in [0.5, 0.6) is 11.5 Å². The standard InChI is InChI=1S/C16H13BrN2O2/c1-20-14-7-11-9-18-16(10-3-5-12(17)6-4-10)19-13(11)8-15(14)21-2/h3-9H,1-2H3. The first-order valence-corrected chi connectivity index (χ1v) is 7.15. The minimum atomic E-state index is 0.658. The summed E-state index contributed by atoms with van der Waals surface area (Å²) in [7, 11) is 3.22. The number of hydrogen-bond donors (Lipinski definition) is 0. The Hall–Kier alpha value is -2.14. The van der Waals surface area contributed by atoms with Crippen molar-refractivity contribution in [1.29, 1.82) is 0 Å². The monoisotopic (exact) mass is 344 g/mol. The number of aromatic nitrogens is 2. The van der Waals surface area contributed by atoms with E-state index in [1.54, 1.807) is 20.4 Å². The third kappa shape index (κ3) is 2.69. The second-order valence-electron chi connectivity index (χ2n) is 4.47. The van der Waals surface area contributed by atoms with Crippen molar-refractivity contribution < 1.29 is 9.47 Å². The van der Waals surface area contributed by atoms with Crippen molar-refractivity contribution in [2.24, 2.45) is 0 Å². The van der Waals surface area contributed by atoms with Gasteiger partial charge >= 0.3 is 0 Å². The molecule has 0 aliphatic carbocycles. The fraction of sp³-hybridized carbons (Fsp3) is 0.125. The third-order valence-electron chi connectivity index (χ3n) is 3.19. The fourth-order valence-electron chi connectivity index (χ4n) is 2.10. The van der Waals surface area contributed by atoms with E-state index in [2.05, 4.69) is 25.9 Å². The molecule has 3 aromatic rings. The molecule has 0 aliphatic rings. The summed E-state index contributed by atoms with van der Waals surface area (Å²) in [5.41, 5.74) is 1.79. The largest absolute Gasteiger partial charge is 0.493 e. The lowest BCUT2D eigenvalue weighted by Gasteiger charge is -2.09. The van der Waals surface area contributed by atoms with Gasteiger partial charge in [0.15, 0.2) is 17.3 Å². The summed E-state index contributed by atoms with van der Waals surface area (Å²) in [4.78, 5) is 9.01. The molecule has 0 radical (unpaired) electrons. The van der Waals surface area contributed by atoms with Crippen LogP contribution in [0.1, 0.15) is 0 Å². The molecule has 5 heteroatoms. The lowest BCUT2D eigenvalue weighted by atomic mass is 10.2. The predicted molar refractivity (Wildman–Crippen MR) is 85.8 cm³/mol. The molecule has 0 amide bonds. The summed E-state index contributed by atoms with van der Waals surface area (Å²) in [6.45, 7) is 0. The van der Waals surface area contributed by atoms with E-state index in [0.717, 1.165) is 20.9 Å². The van der Waals surface area contributed by atoms with Crippen molar-refractivity contribution in [1.82, 2.24) is 9.97 Å². The first-order chi connectivity index (χ1) is 10.2. The van der Waals surface area contributed by atoms with Crippen molar-refractivity contribution in [3.05, 3.63) is 47.1 Å². The zero-order valence-electron chi connectivity index (χ0n) is 11.6. The van der Waals surface area contributed by atoms with Gasteiger partial charge in [0.2, 0.25) is 0 Å². The SMILES string of the molecule is COc1cc2cnc(-c3ccc(Br)cc3)nc2cc1OC. The minimum absolute atomic E-state index is 0.658. The Labute approximate surface area is 130 Å². The van der Waals surface area contributed by atoms with Crippen molar-refractivity contribution in [3.8, 4) is 22.9 Å². The van der Waals surface area contributed by atoms with Crippen molar-refractivity contribution in [3.63, 3.8) is 0 Å². The van der Waals surface area contributed by atoms with E-state index in [1.165, 1.54) is 0 Å². The lowest BCUT2D eigenvalue weighted by molar-refractivity contribution is 0.356. The molecule has 0 unspecified atom stereocenters. The molecule has 0 bridgehead atoms. The highest BCUT2D eigenvalue weighted by Gasteiger charge is 2.09. The van der Waals surface area contributed by atoms with Crippen LogP contribution in [-0.2, 0) is 0 Å². The molecule has 1 aromatic heterocycles. The fourth-order valence-corrected chi connectivity index (χ4v) is 2.36. The van der Waals surface area contributed by atoms with Gasteiger partial charge in [0.1, 0.15) is 0 Å². The van der Waals surface area contributed by atoms with Gasteiger partial charge in [-0.2, -0.15) is 0 Å². The highest BCUT2D eigenvalue weighted by atomic mass is 79.9. The van der Waals surface area contributed by atoms with Gasteiger partial charge in [-0.15, -0.1) is 0 Å².